The van der Waals surface area contributed by atoms with Crippen LogP contribution in [0.3, 0.4) is 0 Å². The molecule has 2 heterocycles. The van der Waals surface area contributed by atoms with Gasteiger partial charge in [-0.05, 0) is 48.4 Å². The molecule has 158 valence electrons. The fourth-order valence-corrected chi connectivity index (χ4v) is 3.97. The molecule has 0 bridgehead atoms. The van der Waals surface area contributed by atoms with Crippen molar-refractivity contribution in [2.45, 2.75) is 19.0 Å². The summed E-state index contributed by atoms with van der Waals surface area (Å²) in [4.78, 5) is 31.3. The number of aryl methyl sites for hydroxylation is 1. The first-order valence-electron chi connectivity index (χ1n) is 9.71. The number of carbonyl (C=O) groups is 2. The number of imidazole rings is 1. The van der Waals surface area contributed by atoms with Crippen LogP contribution < -0.4 is 0 Å². The maximum Gasteiger partial charge on any atom is 0.295 e. The van der Waals surface area contributed by atoms with E-state index >= 15 is 0 Å². The van der Waals surface area contributed by atoms with Crippen molar-refractivity contribution in [3.05, 3.63) is 94.2 Å². The van der Waals surface area contributed by atoms with E-state index in [0.29, 0.717) is 25.1 Å². The summed E-state index contributed by atoms with van der Waals surface area (Å²) >= 11 is 3.39. The van der Waals surface area contributed by atoms with E-state index in [9.17, 15) is 19.1 Å². The van der Waals surface area contributed by atoms with Crippen molar-refractivity contribution in [1.82, 2.24) is 14.5 Å². The summed E-state index contributed by atoms with van der Waals surface area (Å²) in [5.74, 6) is -2.19. The van der Waals surface area contributed by atoms with Gasteiger partial charge in [-0.15, -0.1) is 0 Å². The number of ketones is 1. The lowest BCUT2D eigenvalue weighted by Crippen LogP contribution is -2.31. The molecule has 1 atom stereocenters. The molecular formula is C23H19BrFN3O3. The van der Waals surface area contributed by atoms with Crippen molar-refractivity contribution < 1.29 is 19.1 Å². The van der Waals surface area contributed by atoms with Crippen molar-refractivity contribution in [2.75, 3.05) is 6.54 Å². The molecule has 0 aliphatic carbocycles. The predicted octanol–water partition coefficient (Wildman–Crippen LogP) is 4.30. The molecule has 8 heteroatoms. The first-order valence-corrected chi connectivity index (χ1v) is 10.5. The van der Waals surface area contributed by atoms with Gasteiger partial charge in [0.25, 0.3) is 11.7 Å². The highest BCUT2D eigenvalue weighted by Gasteiger charge is 2.45. The van der Waals surface area contributed by atoms with Crippen LogP contribution in [0.2, 0.25) is 0 Å². The smallest absolute Gasteiger partial charge is 0.295 e. The Morgan fingerprint density at radius 2 is 1.77 bits per heavy atom. The summed E-state index contributed by atoms with van der Waals surface area (Å²) < 4.78 is 16.1. The van der Waals surface area contributed by atoms with E-state index in [-0.39, 0.29) is 16.9 Å². The number of benzene rings is 2. The van der Waals surface area contributed by atoms with Crippen molar-refractivity contribution >= 4 is 33.4 Å². The number of hydrogen-bond donors (Lipinski definition) is 1. The molecule has 1 N–H and O–H groups in total. The monoisotopic (exact) mass is 483 g/mol. The number of carbonyl (C=O) groups excluding carboxylic acids is 2. The summed E-state index contributed by atoms with van der Waals surface area (Å²) in [5.41, 5.74) is 0.982. The largest absolute Gasteiger partial charge is 0.507 e. The maximum atomic E-state index is 13.3. The lowest BCUT2D eigenvalue weighted by molar-refractivity contribution is -0.139. The molecule has 1 amide bonds. The van der Waals surface area contributed by atoms with Crippen molar-refractivity contribution in [3.8, 4) is 0 Å². The number of aliphatic hydroxyl groups is 1. The summed E-state index contributed by atoms with van der Waals surface area (Å²) in [6, 6.07) is 11.7. The lowest BCUT2D eigenvalue weighted by atomic mass is 9.95. The van der Waals surface area contributed by atoms with Crippen molar-refractivity contribution in [3.63, 3.8) is 0 Å². The van der Waals surface area contributed by atoms with Crippen LogP contribution in [0.5, 0.6) is 0 Å². The molecule has 1 saturated heterocycles. The number of rotatable bonds is 6. The molecule has 6 nitrogen and oxygen atoms in total. The van der Waals surface area contributed by atoms with E-state index in [0.717, 1.165) is 4.47 Å². The standard InChI is InChI=1S/C23H19BrFN3O3/c24-17-6-2-15(3-7-17)20-19(21(29)16-4-8-18(25)9-5-16)22(30)23(31)28(20)12-1-11-27-13-10-26-14-27/h2-10,13-14,20,29H,1,11-12H2/b21-19+. The van der Waals surface area contributed by atoms with Gasteiger partial charge in [0.2, 0.25) is 0 Å². The molecule has 31 heavy (non-hydrogen) atoms. The zero-order valence-electron chi connectivity index (χ0n) is 16.4. The zero-order chi connectivity index (χ0) is 22.0. The number of likely N-dealkylation sites (tertiary alicyclic amines) is 1. The Balaban J connectivity index is 1.72. The minimum atomic E-state index is -0.752. The number of aromatic nitrogens is 2. The number of nitrogens with zero attached hydrogens (tertiary/aromatic N) is 3. The molecule has 4 rings (SSSR count). The first-order chi connectivity index (χ1) is 15.0. The van der Waals surface area contributed by atoms with Crippen LogP contribution in [0.4, 0.5) is 4.39 Å². The van der Waals surface area contributed by atoms with Crippen molar-refractivity contribution in [1.29, 1.82) is 0 Å². The third-order valence-electron chi connectivity index (χ3n) is 5.22. The Kier molecular flexibility index (Phi) is 5.99. The number of aliphatic hydroxyl groups excluding tert-OH is 1. The molecule has 1 aliphatic heterocycles. The normalized spacial score (nSPS) is 18.0. The zero-order valence-corrected chi connectivity index (χ0v) is 18.0. The number of amides is 1. The topological polar surface area (TPSA) is 75.4 Å². The number of hydrogen-bond acceptors (Lipinski definition) is 4. The van der Waals surface area contributed by atoms with E-state index in [4.69, 9.17) is 0 Å². The second kappa shape index (κ2) is 8.85. The van der Waals surface area contributed by atoms with E-state index < -0.39 is 23.5 Å². The Morgan fingerprint density at radius 3 is 2.42 bits per heavy atom. The Labute approximate surface area is 186 Å². The quantitative estimate of drug-likeness (QED) is 0.322. The molecule has 0 spiro atoms. The molecule has 2 aromatic carbocycles. The van der Waals surface area contributed by atoms with Gasteiger partial charge in [0, 0.05) is 35.5 Å². The second-order valence-electron chi connectivity index (χ2n) is 7.20. The molecule has 1 aliphatic rings. The van der Waals surface area contributed by atoms with E-state index in [1.54, 1.807) is 24.7 Å². The number of halogens is 2. The van der Waals surface area contributed by atoms with Gasteiger partial charge in [-0.3, -0.25) is 9.59 Å². The Morgan fingerprint density at radius 1 is 1.06 bits per heavy atom. The molecule has 0 saturated carbocycles. The maximum absolute atomic E-state index is 13.3. The van der Waals surface area contributed by atoms with E-state index in [1.807, 2.05) is 22.9 Å². The molecular weight excluding hydrogens is 465 g/mol. The van der Waals surface area contributed by atoms with Gasteiger partial charge in [0.05, 0.1) is 17.9 Å². The minimum absolute atomic E-state index is 0.00145. The highest BCUT2D eigenvalue weighted by Crippen LogP contribution is 2.39. The van der Waals surface area contributed by atoms with Gasteiger partial charge in [0.1, 0.15) is 11.6 Å². The summed E-state index contributed by atoms with van der Waals surface area (Å²) in [7, 11) is 0. The van der Waals surface area contributed by atoms with Crippen LogP contribution in [0.25, 0.3) is 5.76 Å². The molecule has 1 aromatic heterocycles. The number of Topliss-reactive ketones (excluding diaryl/α,β-unsaturated/α-hetero) is 1. The average molecular weight is 484 g/mol. The molecule has 1 fully saturated rings. The second-order valence-corrected chi connectivity index (χ2v) is 8.12. The third-order valence-corrected chi connectivity index (χ3v) is 5.75. The summed E-state index contributed by atoms with van der Waals surface area (Å²) in [6.45, 7) is 0.956. The highest BCUT2D eigenvalue weighted by molar-refractivity contribution is 9.10. The Hall–Kier alpha value is -3.26. The van der Waals surface area contributed by atoms with Crippen LogP contribution in [0.1, 0.15) is 23.6 Å². The van der Waals surface area contributed by atoms with Crippen LogP contribution in [0, 0.1) is 5.82 Å². The molecule has 1 unspecified atom stereocenters. The molecule has 3 aromatic rings. The van der Waals surface area contributed by atoms with Crippen LogP contribution >= 0.6 is 15.9 Å². The average Bonchev–Trinajstić information content (AvgIpc) is 3.37. The molecule has 0 radical (unpaired) electrons. The summed E-state index contributed by atoms with van der Waals surface area (Å²) in [5, 5.41) is 10.9. The predicted molar refractivity (Wildman–Crippen MR) is 116 cm³/mol. The van der Waals surface area contributed by atoms with Gasteiger partial charge in [-0.25, -0.2) is 9.37 Å². The lowest BCUT2D eigenvalue weighted by Gasteiger charge is -2.25. The van der Waals surface area contributed by atoms with E-state index in [2.05, 4.69) is 20.9 Å². The van der Waals surface area contributed by atoms with Gasteiger partial charge < -0.3 is 14.6 Å². The first kappa shape index (κ1) is 21.0. The van der Waals surface area contributed by atoms with Gasteiger partial charge >= 0.3 is 0 Å². The van der Waals surface area contributed by atoms with Gasteiger partial charge in [-0.1, -0.05) is 28.1 Å². The fraction of sp³-hybridized carbons (Fsp3) is 0.174. The minimum Gasteiger partial charge on any atom is -0.507 e. The van der Waals surface area contributed by atoms with Gasteiger partial charge in [-0.2, -0.15) is 0 Å². The van der Waals surface area contributed by atoms with Gasteiger partial charge in [0.15, 0.2) is 0 Å². The Bertz CT molecular complexity index is 1130. The van der Waals surface area contributed by atoms with Crippen LogP contribution in [-0.4, -0.2) is 37.8 Å². The van der Waals surface area contributed by atoms with E-state index in [1.165, 1.54) is 29.2 Å². The van der Waals surface area contributed by atoms with Crippen LogP contribution in [-0.2, 0) is 16.1 Å². The highest BCUT2D eigenvalue weighted by atomic mass is 79.9. The fourth-order valence-electron chi connectivity index (χ4n) is 3.71. The summed E-state index contributed by atoms with van der Waals surface area (Å²) in [6.07, 6.45) is 5.80. The van der Waals surface area contributed by atoms with Crippen LogP contribution in [0.15, 0.2) is 77.3 Å². The SMILES string of the molecule is O=C1C(=O)N(CCCn2ccnc2)C(c2ccc(Br)cc2)/C1=C(\O)c1ccc(F)cc1. The third kappa shape index (κ3) is 4.29. The van der Waals surface area contributed by atoms with Crippen molar-refractivity contribution in [2.24, 2.45) is 0 Å².